The van der Waals surface area contributed by atoms with Crippen molar-refractivity contribution in [2.24, 2.45) is 0 Å². The SMILES string of the molecule is CCCNc1nc(OCC)nc(N(CCC)C2CC2)n1. The lowest BCUT2D eigenvalue weighted by molar-refractivity contribution is 0.312. The lowest BCUT2D eigenvalue weighted by Gasteiger charge is -2.22. The monoisotopic (exact) mass is 279 g/mol. The highest BCUT2D eigenvalue weighted by atomic mass is 16.5. The fourth-order valence-electron chi connectivity index (χ4n) is 2.06. The van der Waals surface area contributed by atoms with Gasteiger partial charge in [-0.25, -0.2) is 0 Å². The average Bonchev–Trinajstić information content (AvgIpc) is 3.27. The maximum absolute atomic E-state index is 5.47. The number of anilines is 2. The highest BCUT2D eigenvalue weighted by Gasteiger charge is 2.31. The van der Waals surface area contributed by atoms with Crippen molar-refractivity contribution >= 4 is 11.9 Å². The molecule has 0 saturated heterocycles. The van der Waals surface area contributed by atoms with E-state index in [1.165, 1.54) is 12.8 Å². The largest absolute Gasteiger partial charge is 0.464 e. The molecule has 1 aliphatic carbocycles. The van der Waals surface area contributed by atoms with Gasteiger partial charge in [0.2, 0.25) is 11.9 Å². The normalized spacial score (nSPS) is 14.2. The zero-order chi connectivity index (χ0) is 14.4. The van der Waals surface area contributed by atoms with E-state index in [2.05, 4.69) is 39.0 Å². The molecule has 0 spiro atoms. The zero-order valence-corrected chi connectivity index (χ0v) is 12.7. The van der Waals surface area contributed by atoms with Gasteiger partial charge in [0.15, 0.2) is 0 Å². The van der Waals surface area contributed by atoms with Crippen LogP contribution in [0.25, 0.3) is 0 Å². The summed E-state index contributed by atoms with van der Waals surface area (Å²) in [6, 6.07) is 1.00. The molecule has 2 rings (SSSR count). The van der Waals surface area contributed by atoms with Crippen LogP contribution in [0.5, 0.6) is 6.01 Å². The lowest BCUT2D eigenvalue weighted by atomic mass is 10.4. The molecule has 1 N–H and O–H groups in total. The van der Waals surface area contributed by atoms with E-state index in [4.69, 9.17) is 4.74 Å². The zero-order valence-electron chi connectivity index (χ0n) is 12.7. The van der Waals surface area contributed by atoms with E-state index >= 15 is 0 Å². The Hall–Kier alpha value is -1.59. The first-order chi connectivity index (χ1) is 9.78. The van der Waals surface area contributed by atoms with Crippen LogP contribution in [-0.2, 0) is 0 Å². The van der Waals surface area contributed by atoms with Crippen LogP contribution in [0.15, 0.2) is 0 Å². The molecule has 0 atom stereocenters. The van der Waals surface area contributed by atoms with Gasteiger partial charge in [0.25, 0.3) is 0 Å². The summed E-state index contributed by atoms with van der Waals surface area (Å²) in [5.41, 5.74) is 0. The first kappa shape index (κ1) is 14.8. The second-order valence-corrected chi connectivity index (χ2v) is 5.03. The average molecular weight is 279 g/mol. The molecule has 1 heterocycles. The van der Waals surface area contributed by atoms with Crippen molar-refractivity contribution in [2.45, 2.75) is 52.5 Å². The number of nitrogens with zero attached hydrogens (tertiary/aromatic N) is 4. The Morgan fingerprint density at radius 1 is 1.15 bits per heavy atom. The van der Waals surface area contributed by atoms with E-state index in [-0.39, 0.29) is 0 Å². The van der Waals surface area contributed by atoms with Crippen LogP contribution in [0.2, 0.25) is 0 Å². The molecule has 112 valence electrons. The molecule has 0 bridgehead atoms. The lowest BCUT2D eigenvalue weighted by Crippen LogP contribution is -2.29. The van der Waals surface area contributed by atoms with Gasteiger partial charge in [-0.3, -0.25) is 0 Å². The molecule has 1 fully saturated rings. The number of nitrogens with one attached hydrogen (secondary N) is 1. The van der Waals surface area contributed by atoms with Crippen LogP contribution >= 0.6 is 0 Å². The second kappa shape index (κ2) is 7.26. The molecule has 20 heavy (non-hydrogen) atoms. The van der Waals surface area contributed by atoms with Gasteiger partial charge in [-0.05, 0) is 32.6 Å². The van der Waals surface area contributed by atoms with Crippen molar-refractivity contribution in [1.29, 1.82) is 0 Å². The molecule has 6 heteroatoms. The van der Waals surface area contributed by atoms with Crippen LogP contribution in [0.3, 0.4) is 0 Å². The quantitative estimate of drug-likeness (QED) is 0.749. The molecule has 0 aliphatic heterocycles. The summed E-state index contributed by atoms with van der Waals surface area (Å²) >= 11 is 0. The van der Waals surface area contributed by atoms with Gasteiger partial charge in [-0.15, -0.1) is 0 Å². The third kappa shape index (κ3) is 3.95. The summed E-state index contributed by atoms with van der Waals surface area (Å²) in [6.07, 6.45) is 4.58. The molecule has 6 nitrogen and oxygen atoms in total. The molecule has 0 unspecified atom stereocenters. The summed E-state index contributed by atoms with van der Waals surface area (Å²) in [7, 11) is 0. The van der Waals surface area contributed by atoms with Crippen molar-refractivity contribution in [3.8, 4) is 6.01 Å². The maximum atomic E-state index is 5.47. The molecule has 0 aromatic carbocycles. The minimum absolute atomic E-state index is 0.415. The summed E-state index contributed by atoms with van der Waals surface area (Å²) in [5.74, 6) is 1.36. The molecule has 1 aromatic heterocycles. The highest BCUT2D eigenvalue weighted by Crippen LogP contribution is 2.30. The summed E-state index contributed by atoms with van der Waals surface area (Å²) < 4.78 is 5.47. The van der Waals surface area contributed by atoms with Crippen molar-refractivity contribution in [1.82, 2.24) is 15.0 Å². The Balaban J connectivity index is 2.21. The Bertz CT molecular complexity index is 422. The van der Waals surface area contributed by atoms with E-state index in [9.17, 15) is 0 Å². The van der Waals surface area contributed by atoms with E-state index in [0.29, 0.717) is 24.6 Å². The van der Waals surface area contributed by atoms with Crippen LogP contribution < -0.4 is 15.0 Å². The van der Waals surface area contributed by atoms with E-state index in [0.717, 1.165) is 31.9 Å². The Morgan fingerprint density at radius 3 is 2.55 bits per heavy atom. The van der Waals surface area contributed by atoms with E-state index in [1.807, 2.05) is 6.92 Å². The van der Waals surface area contributed by atoms with Crippen molar-refractivity contribution < 1.29 is 4.74 Å². The smallest absolute Gasteiger partial charge is 0.323 e. The Kier molecular flexibility index (Phi) is 5.38. The van der Waals surface area contributed by atoms with E-state index in [1.54, 1.807) is 0 Å². The third-order valence-corrected chi connectivity index (χ3v) is 3.12. The van der Waals surface area contributed by atoms with Gasteiger partial charge in [0, 0.05) is 19.1 Å². The van der Waals surface area contributed by atoms with Gasteiger partial charge in [-0.2, -0.15) is 15.0 Å². The number of hydrogen-bond donors (Lipinski definition) is 1. The summed E-state index contributed by atoms with van der Waals surface area (Å²) in [5, 5.41) is 3.22. The van der Waals surface area contributed by atoms with Crippen molar-refractivity contribution in [3.05, 3.63) is 0 Å². The van der Waals surface area contributed by atoms with Crippen LogP contribution in [0, 0.1) is 0 Å². The Morgan fingerprint density at radius 2 is 1.95 bits per heavy atom. The third-order valence-electron chi connectivity index (χ3n) is 3.12. The van der Waals surface area contributed by atoms with Gasteiger partial charge in [0.05, 0.1) is 6.61 Å². The predicted molar refractivity (Wildman–Crippen MR) is 80.4 cm³/mol. The standard InChI is InChI=1S/C14H25N5O/c1-4-9-15-12-16-13(18-14(17-12)20-6-3)19(10-5-2)11-7-8-11/h11H,4-10H2,1-3H3,(H,15,16,17,18). The van der Waals surface area contributed by atoms with Gasteiger partial charge in [-0.1, -0.05) is 13.8 Å². The molecule has 0 radical (unpaired) electrons. The van der Waals surface area contributed by atoms with Crippen LogP contribution in [0.4, 0.5) is 11.9 Å². The van der Waals surface area contributed by atoms with Crippen LogP contribution in [-0.4, -0.2) is 40.7 Å². The van der Waals surface area contributed by atoms with Gasteiger partial charge < -0.3 is 15.0 Å². The van der Waals surface area contributed by atoms with Crippen LogP contribution in [0.1, 0.15) is 46.5 Å². The second-order valence-electron chi connectivity index (χ2n) is 5.03. The van der Waals surface area contributed by atoms with Gasteiger partial charge in [0.1, 0.15) is 0 Å². The van der Waals surface area contributed by atoms with Crippen molar-refractivity contribution in [3.63, 3.8) is 0 Å². The fraction of sp³-hybridized carbons (Fsp3) is 0.786. The summed E-state index contributed by atoms with van der Waals surface area (Å²) in [4.78, 5) is 15.6. The minimum Gasteiger partial charge on any atom is -0.464 e. The molecule has 1 saturated carbocycles. The highest BCUT2D eigenvalue weighted by molar-refractivity contribution is 5.40. The van der Waals surface area contributed by atoms with Crippen molar-refractivity contribution in [2.75, 3.05) is 29.9 Å². The minimum atomic E-state index is 0.415. The fourth-order valence-corrected chi connectivity index (χ4v) is 2.06. The predicted octanol–water partition coefficient (Wildman–Crippen LogP) is 2.47. The number of rotatable bonds is 9. The topological polar surface area (TPSA) is 63.2 Å². The molecular weight excluding hydrogens is 254 g/mol. The number of aromatic nitrogens is 3. The van der Waals surface area contributed by atoms with Gasteiger partial charge >= 0.3 is 6.01 Å². The molecule has 1 aliphatic rings. The Labute approximate surface area is 121 Å². The first-order valence-electron chi connectivity index (χ1n) is 7.67. The maximum Gasteiger partial charge on any atom is 0.323 e. The first-order valence-corrected chi connectivity index (χ1v) is 7.67. The number of ether oxygens (including phenoxy) is 1. The molecule has 0 amide bonds. The molecular formula is C14H25N5O. The molecule has 1 aromatic rings. The number of hydrogen-bond acceptors (Lipinski definition) is 6. The van der Waals surface area contributed by atoms with E-state index < -0.39 is 0 Å². The summed E-state index contributed by atoms with van der Waals surface area (Å²) in [6.45, 7) is 8.63.